The summed E-state index contributed by atoms with van der Waals surface area (Å²) in [5, 5.41) is 6.48. The summed E-state index contributed by atoms with van der Waals surface area (Å²) in [6, 6.07) is 5.84. The molecule has 0 aromatic heterocycles. The van der Waals surface area contributed by atoms with Crippen LogP contribution in [0.1, 0.15) is 44.1 Å². The van der Waals surface area contributed by atoms with E-state index in [1.54, 1.807) is 6.07 Å². The molecule has 1 amide bonds. The maximum atomic E-state index is 12.7. The summed E-state index contributed by atoms with van der Waals surface area (Å²) in [6.45, 7) is 2.41. The van der Waals surface area contributed by atoms with Crippen LogP contribution in [-0.2, 0) is 14.8 Å². The highest BCUT2D eigenvalue weighted by Gasteiger charge is 2.38. The fourth-order valence-corrected chi connectivity index (χ4v) is 6.23. The van der Waals surface area contributed by atoms with Crippen molar-refractivity contribution >= 4 is 27.3 Å². The van der Waals surface area contributed by atoms with Crippen LogP contribution in [0.15, 0.2) is 18.2 Å². The summed E-state index contributed by atoms with van der Waals surface area (Å²) in [7, 11) is -3.23. The van der Waals surface area contributed by atoms with Gasteiger partial charge >= 0.3 is 0 Å². The van der Waals surface area contributed by atoms with E-state index in [1.807, 2.05) is 19.1 Å². The molecule has 0 spiro atoms. The van der Waals surface area contributed by atoms with Gasteiger partial charge in [0.15, 0.2) is 0 Å². The Labute approximate surface area is 155 Å². The molecule has 2 heterocycles. The second-order valence-electron chi connectivity index (χ2n) is 7.84. The van der Waals surface area contributed by atoms with E-state index in [0.29, 0.717) is 36.3 Å². The minimum atomic E-state index is -3.23. The number of carbonyl (C=O) groups is 1. The number of hydrogen-bond acceptors (Lipinski definition) is 4. The van der Waals surface area contributed by atoms with Gasteiger partial charge in [-0.2, -0.15) is 0 Å². The zero-order chi connectivity index (χ0) is 18.3. The lowest BCUT2D eigenvalue weighted by Gasteiger charge is -2.24. The Morgan fingerprint density at radius 2 is 2.04 bits per heavy atom. The molecule has 4 rings (SSSR count). The van der Waals surface area contributed by atoms with Gasteiger partial charge in [-0.15, -0.1) is 0 Å². The number of aryl methyl sites for hydroxylation is 1. The quantitative estimate of drug-likeness (QED) is 0.848. The zero-order valence-electron chi connectivity index (χ0n) is 15.2. The number of sulfonamides is 1. The molecule has 6 nitrogen and oxygen atoms in total. The fourth-order valence-electron chi connectivity index (χ4n) is 4.62. The second kappa shape index (κ2) is 6.85. The molecular weight excluding hydrogens is 350 g/mol. The highest BCUT2D eigenvalue weighted by atomic mass is 32.2. The Morgan fingerprint density at radius 1 is 1.23 bits per heavy atom. The Balaban J connectivity index is 1.48. The van der Waals surface area contributed by atoms with Crippen LogP contribution >= 0.6 is 0 Å². The monoisotopic (exact) mass is 377 g/mol. The molecule has 1 aliphatic carbocycles. The van der Waals surface area contributed by atoms with Crippen LogP contribution in [0.4, 0.5) is 11.4 Å². The Morgan fingerprint density at radius 3 is 2.77 bits per heavy atom. The van der Waals surface area contributed by atoms with Crippen LogP contribution in [0, 0.1) is 12.8 Å². The molecule has 26 heavy (non-hydrogen) atoms. The van der Waals surface area contributed by atoms with Crippen LogP contribution in [0.3, 0.4) is 0 Å². The van der Waals surface area contributed by atoms with Crippen molar-refractivity contribution in [3.05, 3.63) is 23.8 Å². The van der Waals surface area contributed by atoms with Crippen LogP contribution in [0.2, 0.25) is 0 Å². The maximum absolute atomic E-state index is 12.7. The molecule has 3 aliphatic rings. The molecule has 1 saturated carbocycles. The van der Waals surface area contributed by atoms with Gasteiger partial charge in [-0.25, -0.2) is 8.42 Å². The van der Waals surface area contributed by atoms with E-state index in [9.17, 15) is 13.2 Å². The number of fused-ring (bicyclic) bond motifs is 1. The molecule has 142 valence electrons. The van der Waals surface area contributed by atoms with Gasteiger partial charge in [-0.1, -0.05) is 18.9 Å². The predicted octanol–water partition coefficient (Wildman–Crippen LogP) is 2.39. The minimum Gasteiger partial charge on any atom is -0.325 e. The van der Waals surface area contributed by atoms with Crippen molar-refractivity contribution in [3.8, 4) is 0 Å². The first-order chi connectivity index (χ1) is 12.4. The Hall–Kier alpha value is -1.60. The third-order valence-electron chi connectivity index (χ3n) is 6.02. The molecule has 0 radical (unpaired) electrons. The van der Waals surface area contributed by atoms with Gasteiger partial charge in [0.1, 0.15) is 0 Å². The summed E-state index contributed by atoms with van der Waals surface area (Å²) < 4.78 is 25.9. The number of nitrogens with zero attached hydrogens (tertiary/aromatic N) is 1. The molecule has 2 saturated heterocycles. The lowest BCUT2D eigenvalue weighted by molar-refractivity contribution is -0.117. The largest absolute Gasteiger partial charge is 0.325 e. The van der Waals surface area contributed by atoms with E-state index in [0.717, 1.165) is 18.4 Å². The zero-order valence-corrected chi connectivity index (χ0v) is 16.0. The number of carbonyl (C=O) groups excluding carboxylic acids is 1. The summed E-state index contributed by atoms with van der Waals surface area (Å²) in [4.78, 5) is 12.7. The van der Waals surface area contributed by atoms with Gasteiger partial charge < -0.3 is 10.6 Å². The average molecular weight is 378 g/mol. The van der Waals surface area contributed by atoms with Crippen molar-refractivity contribution in [1.29, 1.82) is 0 Å². The smallest absolute Gasteiger partial charge is 0.241 e. The van der Waals surface area contributed by atoms with Crippen LogP contribution in [-0.4, -0.2) is 38.7 Å². The van der Waals surface area contributed by atoms with E-state index in [2.05, 4.69) is 10.6 Å². The normalized spacial score (nSPS) is 30.2. The number of anilines is 2. The third kappa shape index (κ3) is 3.34. The number of amides is 1. The summed E-state index contributed by atoms with van der Waals surface area (Å²) in [5.41, 5.74) is 2.24. The molecule has 3 unspecified atom stereocenters. The van der Waals surface area contributed by atoms with Crippen molar-refractivity contribution in [3.63, 3.8) is 0 Å². The van der Waals surface area contributed by atoms with Gasteiger partial charge in [0.2, 0.25) is 15.9 Å². The molecule has 3 fully saturated rings. The Kier molecular flexibility index (Phi) is 4.69. The molecule has 2 aliphatic heterocycles. The first-order valence-electron chi connectivity index (χ1n) is 9.62. The number of hydrogen-bond donors (Lipinski definition) is 2. The van der Waals surface area contributed by atoms with E-state index < -0.39 is 10.0 Å². The molecule has 1 aromatic rings. The minimum absolute atomic E-state index is 0.0153. The third-order valence-corrected chi connectivity index (χ3v) is 7.88. The Bertz CT molecular complexity index is 794. The second-order valence-corrected chi connectivity index (χ2v) is 9.85. The van der Waals surface area contributed by atoms with Gasteiger partial charge in [0, 0.05) is 18.3 Å². The van der Waals surface area contributed by atoms with E-state index in [-0.39, 0.29) is 17.7 Å². The number of nitrogens with one attached hydrogen (secondary N) is 2. The van der Waals surface area contributed by atoms with Crippen molar-refractivity contribution in [2.75, 3.05) is 21.9 Å². The number of rotatable bonds is 3. The van der Waals surface area contributed by atoms with Crippen molar-refractivity contribution in [1.82, 2.24) is 5.32 Å². The summed E-state index contributed by atoms with van der Waals surface area (Å²) in [6.07, 6.45) is 6.43. The molecular formula is C19H27N3O3S. The first-order valence-corrected chi connectivity index (χ1v) is 11.2. The van der Waals surface area contributed by atoms with E-state index in [4.69, 9.17) is 0 Å². The fraction of sp³-hybridized carbons (Fsp3) is 0.632. The lowest BCUT2D eigenvalue weighted by Crippen LogP contribution is -2.39. The van der Waals surface area contributed by atoms with E-state index in [1.165, 1.54) is 23.6 Å². The molecule has 1 aromatic carbocycles. The first kappa shape index (κ1) is 17.8. The SMILES string of the molecule is Cc1ccc(NC(=O)C2CC3CCCCC3N2)cc1N1CCCS1(=O)=O. The lowest BCUT2D eigenvalue weighted by atomic mass is 9.85. The summed E-state index contributed by atoms with van der Waals surface area (Å²) >= 11 is 0. The van der Waals surface area contributed by atoms with Gasteiger partial charge in [0.05, 0.1) is 17.5 Å². The van der Waals surface area contributed by atoms with E-state index >= 15 is 0 Å². The molecule has 3 atom stereocenters. The highest BCUT2D eigenvalue weighted by molar-refractivity contribution is 7.93. The maximum Gasteiger partial charge on any atom is 0.241 e. The predicted molar refractivity (Wildman–Crippen MR) is 103 cm³/mol. The van der Waals surface area contributed by atoms with Crippen molar-refractivity contribution < 1.29 is 13.2 Å². The van der Waals surface area contributed by atoms with Crippen LogP contribution in [0.5, 0.6) is 0 Å². The highest BCUT2D eigenvalue weighted by Crippen LogP contribution is 2.34. The van der Waals surface area contributed by atoms with Crippen molar-refractivity contribution in [2.24, 2.45) is 5.92 Å². The van der Waals surface area contributed by atoms with Crippen LogP contribution < -0.4 is 14.9 Å². The van der Waals surface area contributed by atoms with Crippen molar-refractivity contribution in [2.45, 2.75) is 57.5 Å². The average Bonchev–Trinajstić information content (AvgIpc) is 3.19. The molecule has 0 bridgehead atoms. The van der Waals surface area contributed by atoms with Gasteiger partial charge in [0.25, 0.3) is 0 Å². The van der Waals surface area contributed by atoms with Crippen LogP contribution in [0.25, 0.3) is 0 Å². The van der Waals surface area contributed by atoms with Gasteiger partial charge in [-0.05, 0) is 56.2 Å². The number of benzene rings is 1. The standard InChI is InChI=1S/C19H27N3O3S/c1-13-7-8-15(12-18(13)22-9-4-10-26(22,24)25)20-19(23)17-11-14-5-2-3-6-16(14)21-17/h7-8,12,14,16-17,21H,2-6,9-11H2,1H3,(H,20,23). The summed E-state index contributed by atoms with van der Waals surface area (Å²) in [5.74, 6) is 0.791. The molecule has 2 N–H and O–H groups in total. The topological polar surface area (TPSA) is 78.5 Å². The van der Waals surface area contributed by atoms with Gasteiger partial charge in [-0.3, -0.25) is 9.10 Å². The molecule has 7 heteroatoms.